The molecule has 0 saturated heterocycles. The first-order valence-corrected chi connectivity index (χ1v) is 31.6. The van der Waals surface area contributed by atoms with Gasteiger partial charge in [-0.15, -0.1) is 0 Å². The van der Waals surface area contributed by atoms with Crippen LogP contribution in [0, 0.1) is 0 Å². The molecule has 0 N–H and O–H groups in total. The van der Waals surface area contributed by atoms with E-state index in [2.05, 4.69) is 32.9 Å². The molecular weight excluding hydrogens is 1340 g/mol. The maximum Gasteiger partial charge on any atom is 0.305 e. The quantitative estimate of drug-likeness (QED) is 0.0277. The maximum atomic E-state index is 12.0. The van der Waals surface area contributed by atoms with Crippen molar-refractivity contribution in [2.24, 2.45) is 0 Å². The minimum absolute atomic E-state index is 0.106. The van der Waals surface area contributed by atoms with Gasteiger partial charge in [-0.3, -0.25) is 81.5 Å². The van der Waals surface area contributed by atoms with Crippen LogP contribution in [0.15, 0.2) is 63.3 Å². The topological polar surface area (TPSA) is 417 Å². The maximum absolute atomic E-state index is 12.0. The highest BCUT2D eigenvalue weighted by atomic mass is 16.7. The third kappa shape index (κ3) is 66.7. The zero-order chi connectivity index (χ0) is 78.6. The number of rotatable bonds is 43. The number of unbranched alkanes of at least 4 members (excludes halogenated alkanes) is 2. The third-order valence-electron chi connectivity index (χ3n) is 11.4. The Hall–Kier alpha value is -10.3. The average Bonchev–Trinajstić information content (AvgIpc) is 0.895. The van der Waals surface area contributed by atoms with Gasteiger partial charge in [0.2, 0.25) is 29.5 Å². The van der Waals surface area contributed by atoms with E-state index in [0.29, 0.717) is 65.1 Å². The van der Waals surface area contributed by atoms with Crippen molar-refractivity contribution in [3.63, 3.8) is 0 Å². The molecule has 0 aromatic carbocycles. The van der Waals surface area contributed by atoms with E-state index in [0.717, 1.165) is 57.6 Å². The number of amides is 5. The van der Waals surface area contributed by atoms with Gasteiger partial charge in [0, 0.05) is 109 Å². The van der Waals surface area contributed by atoms with Crippen LogP contribution in [0.2, 0.25) is 0 Å². The van der Waals surface area contributed by atoms with Crippen molar-refractivity contribution in [3.8, 4) is 0 Å². The largest absolute Gasteiger partial charge is 0.466 e. The van der Waals surface area contributed by atoms with Crippen molar-refractivity contribution in [1.29, 1.82) is 0 Å². The second-order valence-corrected chi connectivity index (χ2v) is 20.8. The van der Waals surface area contributed by atoms with E-state index in [-0.39, 0.29) is 113 Å². The fraction of sp³-hybridized carbons (Fsp3) is 0.597. The summed E-state index contributed by atoms with van der Waals surface area (Å²) >= 11 is 0. The molecule has 0 aromatic heterocycles. The van der Waals surface area contributed by atoms with Crippen LogP contribution in [0.3, 0.4) is 0 Å². The number of carbonyl (C=O) groups excluding carboxylic acids is 17. The van der Waals surface area contributed by atoms with Gasteiger partial charge in [0.25, 0.3) is 12.6 Å². The molecule has 34 nitrogen and oxygen atoms in total. The van der Waals surface area contributed by atoms with E-state index in [4.69, 9.17) is 56.8 Å². The van der Waals surface area contributed by atoms with E-state index in [1.807, 2.05) is 0 Å². The molecule has 0 fully saturated rings. The van der Waals surface area contributed by atoms with Crippen LogP contribution in [0.25, 0.3) is 0 Å². The minimum Gasteiger partial charge on any atom is -0.466 e. The van der Waals surface area contributed by atoms with Crippen molar-refractivity contribution in [1.82, 2.24) is 24.5 Å². The summed E-state index contributed by atoms with van der Waals surface area (Å²) < 4.78 is 57.8. The molecule has 0 aliphatic carbocycles. The standard InChI is InChI=1S/C15H21NO9.C15H25NO5.2C13H21NO5.C11H17NO5/c1-6-13(21)16(7-14(22-9(2)17)23-10(3)18)8-15(24-11(4)19)25-12(5)20;1-4-15(19)16(9-5-7-11-20-13(2)17)10-6-8-12-21-14(3)18;1-6-13(17)14(7-9(2)18-11(4)15)8-10(3)19-12(5)16;1-4-13(17)14(7-5-9-18-11(2)15)8-6-10-19-12(3)16;1-4-11(15)12(5-7-16-9(2)13)6-8-17-10(3)14/h6,14-15H,1,7-8H2,2-5H3;4H,1,5-12H2,2-3H3;6,9-10H,1,7-8H2,2-5H3;4H,1,5-10H2,2-3H3;4H,1,5-8H2,2-3H3. The van der Waals surface area contributed by atoms with Gasteiger partial charge in [0.1, 0.15) is 25.4 Å². The van der Waals surface area contributed by atoms with Crippen LogP contribution in [0.5, 0.6) is 0 Å². The molecule has 0 aliphatic heterocycles. The molecule has 0 radical (unpaired) electrons. The third-order valence-corrected chi connectivity index (χ3v) is 11.4. The number of hydrogen-bond donors (Lipinski definition) is 0. The zero-order valence-electron chi connectivity index (χ0n) is 60.9. The molecule has 0 aromatic rings. The van der Waals surface area contributed by atoms with Crippen molar-refractivity contribution in [2.75, 3.05) is 105 Å². The van der Waals surface area contributed by atoms with Crippen molar-refractivity contribution in [3.05, 3.63) is 63.3 Å². The van der Waals surface area contributed by atoms with E-state index >= 15 is 0 Å². The van der Waals surface area contributed by atoms with Crippen LogP contribution >= 0.6 is 0 Å². The number of hydrogen-bond acceptors (Lipinski definition) is 29. The first kappa shape index (κ1) is 99.4. The Labute approximate surface area is 590 Å². The zero-order valence-corrected chi connectivity index (χ0v) is 60.9. The first-order valence-electron chi connectivity index (χ1n) is 31.6. The van der Waals surface area contributed by atoms with Crippen LogP contribution < -0.4 is 0 Å². The summed E-state index contributed by atoms with van der Waals surface area (Å²) in [6.07, 6.45) is 6.20. The van der Waals surface area contributed by atoms with Gasteiger partial charge in [0.15, 0.2) is 0 Å². The molecule has 2 atom stereocenters. The van der Waals surface area contributed by atoms with E-state index in [1.165, 1.54) is 83.4 Å². The lowest BCUT2D eigenvalue weighted by molar-refractivity contribution is -0.196. The highest BCUT2D eigenvalue weighted by Gasteiger charge is 2.28. The Morgan fingerprint density at radius 3 is 0.673 bits per heavy atom. The predicted molar refractivity (Wildman–Crippen MR) is 358 cm³/mol. The average molecular weight is 1440 g/mol. The Morgan fingerprint density at radius 2 is 0.446 bits per heavy atom. The summed E-state index contributed by atoms with van der Waals surface area (Å²) in [5.41, 5.74) is 0. The highest BCUT2D eigenvalue weighted by Crippen LogP contribution is 2.09. The Balaban J connectivity index is -0.000000382. The van der Waals surface area contributed by atoms with Crippen molar-refractivity contribution < 1.29 is 138 Å². The fourth-order valence-electron chi connectivity index (χ4n) is 7.49. The first-order chi connectivity index (χ1) is 47.2. The van der Waals surface area contributed by atoms with Gasteiger partial charge in [-0.05, 0) is 82.8 Å². The molecule has 5 amide bonds. The van der Waals surface area contributed by atoms with Gasteiger partial charge < -0.3 is 81.3 Å². The molecular formula is C67H105N5O29. The summed E-state index contributed by atoms with van der Waals surface area (Å²) in [6.45, 7) is 39.2. The molecule has 34 heteroatoms. The van der Waals surface area contributed by atoms with Gasteiger partial charge >= 0.3 is 71.6 Å². The monoisotopic (exact) mass is 1440 g/mol. The lowest BCUT2D eigenvalue weighted by Crippen LogP contribution is -2.45. The molecule has 0 bridgehead atoms. The molecule has 0 spiro atoms. The van der Waals surface area contributed by atoms with Crippen LogP contribution in [-0.4, -0.2) is 256 Å². The number of nitrogens with zero attached hydrogens (tertiary/aromatic N) is 5. The summed E-state index contributed by atoms with van der Waals surface area (Å²) in [5.74, 6) is -7.43. The fourth-order valence-corrected chi connectivity index (χ4v) is 7.49. The Bertz CT molecular complexity index is 2540. The Morgan fingerprint density at radius 1 is 0.248 bits per heavy atom. The van der Waals surface area contributed by atoms with Crippen LogP contribution in [-0.2, 0) is 138 Å². The minimum atomic E-state index is -1.39. The van der Waals surface area contributed by atoms with Crippen LogP contribution in [0.4, 0.5) is 0 Å². The predicted octanol–water partition coefficient (Wildman–Crippen LogP) is 3.53. The smallest absolute Gasteiger partial charge is 0.305 e. The lowest BCUT2D eigenvalue weighted by Gasteiger charge is -2.28. The highest BCUT2D eigenvalue weighted by molar-refractivity contribution is 5.89. The summed E-state index contributed by atoms with van der Waals surface area (Å²) in [7, 11) is 0. The normalized spacial score (nSPS) is 10.3. The summed E-state index contributed by atoms with van der Waals surface area (Å²) in [5, 5.41) is 0. The molecule has 0 aliphatic rings. The molecule has 572 valence electrons. The molecule has 0 heterocycles. The molecule has 2 unspecified atom stereocenters. The van der Waals surface area contributed by atoms with Gasteiger partial charge in [-0.2, -0.15) is 0 Å². The summed E-state index contributed by atoms with van der Waals surface area (Å²) in [6, 6.07) is 0. The number of carbonyl (C=O) groups is 17. The van der Waals surface area contributed by atoms with E-state index in [9.17, 15) is 81.5 Å². The Kier molecular flexibility index (Phi) is 61.0. The van der Waals surface area contributed by atoms with Crippen LogP contribution in [0.1, 0.15) is 135 Å². The van der Waals surface area contributed by atoms with Crippen molar-refractivity contribution >= 4 is 101 Å². The van der Waals surface area contributed by atoms with Gasteiger partial charge in [-0.1, -0.05) is 32.9 Å². The number of ether oxygens (including phenoxy) is 12. The summed E-state index contributed by atoms with van der Waals surface area (Å²) in [4.78, 5) is 195. The second-order valence-electron chi connectivity index (χ2n) is 20.8. The molecule has 0 saturated carbocycles. The SMILES string of the molecule is C=CC(=O)N(CC(C)OC(C)=O)CC(C)OC(C)=O.C=CC(=O)N(CC(OC(C)=O)OC(C)=O)CC(OC(C)=O)OC(C)=O.C=CC(=O)N(CCCCOC(C)=O)CCCCOC(C)=O.C=CC(=O)N(CCCOC(C)=O)CCCOC(C)=O.C=CC(=O)N(CCOC(C)=O)CCOC(C)=O. The second kappa shape index (κ2) is 62.0. The lowest BCUT2D eigenvalue weighted by atomic mass is 10.2. The van der Waals surface area contributed by atoms with E-state index < -0.39 is 78.4 Å². The molecule has 101 heavy (non-hydrogen) atoms. The van der Waals surface area contributed by atoms with Gasteiger partial charge in [0.05, 0.1) is 65.7 Å². The van der Waals surface area contributed by atoms with E-state index in [1.54, 1.807) is 23.6 Å². The van der Waals surface area contributed by atoms with Gasteiger partial charge in [-0.25, -0.2) is 0 Å². The number of esters is 12. The van der Waals surface area contributed by atoms with Crippen molar-refractivity contribution in [2.45, 2.75) is 160 Å². The molecule has 0 rings (SSSR count).